The molecule has 0 aromatic heterocycles. The number of carbonyl (C=O) groups excluding carboxylic acids is 1. The van der Waals surface area contributed by atoms with E-state index in [4.69, 9.17) is 14.2 Å². The van der Waals surface area contributed by atoms with Gasteiger partial charge in [0.05, 0.1) is 14.2 Å². The van der Waals surface area contributed by atoms with Crippen LogP contribution in [0.25, 0.3) is 0 Å². The van der Waals surface area contributed by atoms with Crippen molar-refractivity contribution in [3.63, 3.8) is 0 Å². The highest BCUT2D eigenvalue weighted by Gasteiger charge is 2.08. The second kappa shape index (κ2) is 10.2. The van der Waals surface area contributed by atoms with Gasteiger partial charge in [0, 0.05) is 18.2 Å². The Morgan fingerprint density at radius 1 is 0.862 bits per heavy atom. The van der Waals surface area contributed by atoms with Gasteiger partial charge in [0.1, 0.15) is 23.9 Å². The molecule has 1 amide bonds. The van der Waals surface area contributed by atoms with Gasteiger partial charge < -0.3 is 19.5 Å². The van der Waals surface area contributed by atoms with Crippen molar-refractivity contribution in [2.24, 2.45) is 0 Å². The Morgan fingerprint density at radius 3 is 2.28 bits per heavy atom. The Balaban J connectivity index is 1.49. The Bertz CT molecular complexity index is 923. The van der Waals surface area contributed by atoms with E-state index in [0.29, 0.717) is 25.1 Å². The molecule has 5 nitrogen and oxygen atoms in total. The molecule has 0 saturated heterocycles. The van der Waals surface area contributed by atoms with Crippen LogP contribution in [0.1, 0.15) is 21.5 Å². The molecule has 0 aliphatic carbocycles. The van der Waals surface area contributed by atoms with Crippen molar-refractivity contribution in [3.05, 3.63) is 89.5 Å². The molecule has 0 saturated carbocycles. The van der Waals surface area contributed by atoms with E-state index in [0.717, 1.165) is 28.4 Å². The Morgan fingerprint density at radius 2 is 1.59 bits per heavy atom. The maximum atomic E-state index is 12.4. The number of hydrogen-bond donors (Lipinski definition) is 1. The van der Waals surface area contributed by atoms with E-state index in [2.05, 4.69) is 5.32 Å². The second-order valence-corrected chi connectivity index (χ2v) is 6.48. The van der Waals surface area contributed by atoms with Gasteiger partial charge in [-0.15, -0.1) is 0 Å². The summed E-state index contributed by atoms with van der Waals surface area (Å²) < 4.78 is 16.4. The number of methoxy groups -OCH3 is 2. The van der Waals surface area contributed by atoms with Crippen LogP contribution in [0.3, 0.4) is 0 Å². The summed E-state index contributed by atoms with van der Waals surface area (Å²) in [6.07, 6.45) is 0.664. The van der Waals surface area contributed by atoms with Gasteiger partial charge in [-0.25, -0.2) is 0 Å². The highest BCUT2D eigenvalue weighted by Crippen LogP contribution is 2.24. The van der Waals surface area contributed by atoms with Crippen LogP contribution in [0.5, 0.6) is 17.2 Å². The van der Waals surface area contributed by atoms with Crippen LogP contribution in [0.4, 0.5) is 0 Å². The zero-order chi connectivity index (χ0) is 20.5. The van der Waals surface area contributed by atoms with Crippen molar-refractivity contribution >= 4 is 5.91 Å². The lowest BCUT2D eigenvalue weighted by Gasteiger charge is -2.11. The summed E-state index contributed by atoms with van der Waals surface area (Å²) in [4.78, 5) is 12.4. The lowest BCUT2D eigenvalue weighted by atomic mass is 10.1. The zero-order valence-corrected chi connectivity index (χ0v) is 16.7. The van der Waals surface area contributed by atoms with Gasteiger partial charge in [-0.2, -0.15) is 0 Å². The average molecular weight is 391 g/mol. The summed E-state index contributed by atoms with van der Waals surface area (Å²) in [6, 6.07) is 22.8. The maximum absolute atomic E-state index is 12.4. The Kier molecular flexibility index (Phi) is 7.11. The standard InChI is InChI=1S/C24H25NO4/c1-27-22-13-8-19(23(16-22)28-2)14-15-25-24(26)20-9-11-21(12-10-20)29-17-18-6-4-3-5-7-18/h3-13,16H,14-15,17H2,1-2H3,(H,25,26). The molecule has 3 rings (SSSR count). The van der Waals surface area contributed by atoms with Crippen molar-refractivity contribution in [3.8, 4) is 17.2 Å². The number of amides is 1. The van der Waals surface area contributed by atoms with Crippen molar-refractivity contribution < 1.29 is 19.0 Å². The molecule has 0 fully saturated rings. The zero-order valence-electron chi connectivity index (χ0n) is 16.7. The Hall–Kier alpha value is -3.47. The van der Waals surface area contributed by atoms with E-state index >= 15 is 0 Å². The van der Waals surface area contributed by atoms with Crippen LogP contribution >= 0.6 is 0 Å². The molecule has 0 aliphatic rings. The molecule has 1 N–H and O–H groups in total. The lowest BCUT2D eigenvalue weighted by molar-refractivity contribution is 0.0954. The fourth-order valence-corrected chi connectivity index (χ4v) is 2.91. The van der Waals surface area contributed by atoms with Crippen LogP contribution in [0.15, 0.2) is 72.8 Å². The molecule has 3 aromatic rings. The normalized spacial score (nSPS) is 10.3. The molecule has 0 unspecified atom stereocenters. The molecule has 0 atom stereocenters. The third-order valence-electron chi connectivity index (χ3n) is 4.54. The summed E-state index contributed by atoms with van der Waals surface area (Å²) >= 11 is 0. The first-order valence-electron chi connectivity index (χ1n) is 9.45. The minimum absolute atomic E-state index is 0.118. The SMILES string of the molecule is COc1ccc(CCNC(=O)c2ccc(OCc3ccccc3)cc2)c(OC)c1. The molecular weight excluding hydrogens is 366 g/mol. The summed E-state index contributed by atoms with van der Waals surface area (Å²) in [5, 5.41) is 2.94. The minimum atomic E-state index is -0.118. The number of hydrogen-bond acceptors (Lipinski definition) is 4. The molecule has 0 aliphatic heterocycles. The average Bonchev–Trinajstić information content (AvgIpc) is 2.78. The van der Waals surface area contributed by atoms with Crippen molar-refractivity contribution in [2.75, 3.05) is 20.8 Å². The number of nitrogens with one attached hydrogen (secondary N) is 1. The third kappa shape index (κ3) is 5.75. The van der Waals surface area contributed by atoms with Gasteiger partial charge in [-0.05, 0) is 47.9 Å². The van der Waals surface area contributed by atoms with Crippen LogP contribution < -0.4 is 19.5 Å². The van der Waals surface area contributed by atoms with E-state index in [-0.39, 0.29) is 5.91 Å². The van der Waals surface area contributed by atoms with Crippen molar-refractivity contribution in [1.82, 2.24) is 5.32 Å². The molecule has 0 heterocycles. The molecular formula is C24H25NO4. The van der Waals surface area contributed by atoms with Gasteiger partial charge in [0.15, 0.2) is 0 Å². The molecule has 0 spiro atoms. The van der Waals surface area contributed by atoms with E-state index < -0.39 is 0 Å². The van der Waals surface area contributed by atoms with Gasteiger partial charge >= 0.3 is 0 Å². The monoisotopic (exact) mass is 391 g/mol. The molecule has 150 valence electrons. The molecule has 3 aromatic carbocycles. The smallest absolute Gasteiger partial charge is 0.251 e. The summed E-state index contributed by atoms with van der Waals surface area (Å²) in [6.45, 7) is 1.00. The van der Waals surface area contributed by atoms with Gasteiger partial charge in [-0.1, -0.05) is 36.4 Å². The van der Waals surface area contributed by atoms with Crippen LogP contribution in [-0.4, -0.2) is 26.7 Å². The van der Waals surface area contributed by atoms with Gasteiger partial charge in [0.25, 0.3) is 5.91 Å². The fraction of sp³-hybridized carbons (Fsp3) is 0.208. The highest BCUT2D eigenvalue weighted by molar-refractivity contribution is 5.94. The van der Waals surface area contributed by atoms with E-state index in [1.54, 1.807) is 26.4 Å². The number of benzene rings is 3. The van der Waals surface area contributed by atoms with Crippen molar-refractivity contribution in [1.29, 1.82) is 0 Å². The van der Waals surface area contributed by atoms with Crippen LogP contribution in [0.2, 0.25) is 0 Å². The molecule has 29 heavy (non-hydrogen) atoms. The first-order chi connectivity index (χ1) is 14.2. The second-order valence-electron chi connectivity index (χ2n) is 6.48. The topological polar surface area (TPSA) is 56.8 Å². The van der Waals surface area contributed by atoms with Crippen molar-refractivity contribution in [2.45, 2.75) is 13.0 Å². The van der Waals surface area contributed by atoms with Crippen LogP contribution in [0, 0.1) is 0 Å². The third-order valence-corrected chi connectivity index (χ3v) is 4.54. The quantitative estimate of drug-likeness (QED) is 0.592. The first kappa shape index (κ1) is 20.3. The van der Waals surface area contributed by atoms with Gasteiger partial charge in [-0.3, -0.25) is 4.79 Å². The Labute approximate surface area is 171 Å². The molecule has 0 bridgehead atoms. The number of carbonyl (C=O) groups is 1. The number of rotatable bonds is 9. The minimum Gasteiger partial charge on any atom is -0.497 e. The van der Waals surface area contributed by atoms with E-state index in [1.807, 2.05) is 60.7 Å². The number of ether oxygens (including phenoxy) is 3. The predicted molar refractivity (Wildman–Crippen MR) is 113 cm³/mol. The largest absolute Gasteiger partial charge is 0.497 e. The van der Waals surface area contributed by atoms with Crippen LogP contribution in [-0.2, 0) is 13.0 Å². The summed E-state index contributed by atoms with van der Waals surface area (Å²) in [5.74, 6) is 2.10. The van der Waals surface area contributed by atoms with E-state index in [9.17, 15) is 4.79 Å². The lowest BCUT2D eigenvalue weighted by Crippen LogP contribution is -2.25. The fourth-order valence-electron chi connectivity index (χ4n) is 2.91. The first-order valence-corrected chi connectivity index (χ1v) is 9.45. The van der Waals surface area contributed by atoms with Gasteiger partial charge in [0.2, 0.25) is 0 Å². The van der Waals surface area contributed by atoms with E-state index in [1.165, 1.54) is 0 Å². The predicted octanol–water partition coefficient (Wildman–Crippen LogP) is 4.26. The summed E-state index contributed by atoms with van der Waals surface area (Å²) in [5.41, 5.74) is 2.71. The molecule has 5 heteroatoms. The maximum Gasteiger partial charge on any atom is 0.251 e. The highest BCUT2D eigenvalue weighted by atomic mass is 16.5. The molecule has 0 radical (unpaired) electrons. The summed E-state index contributed by atoms with van der Waals surface area (Å²) in [7, 11) is 3.24.